The van der Waals surface area contributed by atoms with Crippen molar-refractivity contribution in [3.63, 3.8) is 0 Å². The number of urea groups is 2. The van der Waals surface area contributed by atoms with E-state index in [1.165, 1.54) is 91.8 Å². The van der Waals surface area contributed by atoms with Crippen LogP contribution in [0.3, 0.4) is 0 Å². The topological polar surface area (TPSA) is 338 Å². The zero-order valence-electron chi connectivity index (χ0n) is 53.0. The van der Waals surface area contributed by atoms with Gasteiger partial charge in [-0.3, -0.25) is 4.55 Å². The Morgan fingerprint density at radius 3 is 1.57 bits per heavy atom. The summed E-state index contributed by atoms with van der Waals surface area (Å²) in [6.45, 7) is 30.0. The second-order valence-corrected chi connectivity index (χ2v) is 27.5. The van der Waals surface area contributed by atoms with Gasteiger partial charge >= 0.3 is 34.6 Å². The van der Waals surface area contributed by atoms with Crippen molar-refractivity contribution in [1.82, 2.24) is 60.8 Å². The number of fused-ring (bicyclic) bond motifs is 4. The molecular weight excluding hydrogens is 1170 g/mol. The van der Waals surface area contributed by atoms with Crippen LogP contribution < -0.4 is 10.6 Å². The monoisotopic (exact) mass is 1270 g/mol. The van der Waals surface area contributed by atoms with Crippen molar-refractivity contribution in [3.05, 3.63) is 23.6 Å². The van der Waals surface area contributed by atoms with Crippen LogP contribution >= 0.6 is 0 Å². The summed E-state index contributed by atoms with van der Waals surface area (Å²) in [7, 11) is -9.87. The smallest absolute Gasteiger partial charge is 0.418 e. The molecule has 4 bridgehead atoms. The Labute approximate surface area is 514 Å². The summed E-state index contributed by atoms with van der Waals surface area (Å²) < 4.78 is 96.9. The highest BCUT2D eigenvalue weighted by Gasteiger charge is 2.50. The number of nitrogens with one attached hydrogen (secondary N) is 2. The molecule has 0 aliphatic carbocycles. The molecule has 0 spiro atoms. The first kappa shape index (κ1) is 71.1. The maximum Gasteiger partial charge on any atom is 0.418 e. The molecule has 3 N–H and O–H groups in total. The number of carbonyl (C=O) groups excluding carboxylic acids is 4. The largest absolute Gasteiger partial charge is 0.724 e. The molecule has 6 aliphatic heterocycles. The number of carbonyl (C=O) groups is 4. The van der Waals surface area contributed by atoms with E-state index < -0.39 is 80.4 Å². The van der Waals surface area contributed by atoms with E-state index in [-0.39, 0.29) is 43.9 Å². The van der Waals surface area contributed by atoms with Gasteiger partial charge in [0.05, 0.1) is 38.3 Å². The summed E-state index contributed by atoms with van der Waals surface area (Å²) in [5.41, 5.74) is -1.32. The minimum absolute atomic E-state index is 0.144. The molecular formula is C56H99N13O16S2. The predicted octanol–water partition coefficient (Wildman–Crippen LogP) is 7.21. The molecule has 496 valence electrons. The number of aromatic nitrogens is 4. The van der Waals surface area contributed by atoms with Gasteiger partial charge in [0.1, 0.15) is 23.3 Å². The van der Waals surface area contributed by atoms with Crippen LogP contribution in [0.1, 0.15) is 208 Å². The van der Waals surface area contributed by atoms with Crippen molar-refractivity contribution >= 4 is 45.0 Å². The molecule has 8 heterocycles. The Balaban J connectivity index is 0.000000231. The van der Waals surface area contributed by atoms with Crippen LogP contribution in [-0.2, 0) is 51.7 Å². The number of likely N-dealkylation sites (tertiary alicyclic amines) is 1. The lowest BCUT2D eigenvalue weighted by Gasteiger charge is -2.39. The number of hydrogen-bond donors (Lipinski definition) is 3. The second kappa shape index (κ2) is 32.1. The Bertz CT molecular complexity index is 2690. The zero-order chi connectivity index (χ0) is 63.7. The SMILES string of the molecule is CC(C)(C)OC(=O)N1CCC(N(CCc2nnc([C@@H]3CC[C@@H]4CN3C(=O)N4OS(=O)(=O)[O-])o2)C(=O)OC(C)(C)C)CC1.CCCC[N+](CCCC)(CCCC)CCCC.O=C1N2C[C@@H](CC[C@H]2c2nnc(CCNC3CCNCC3)o2)N1OS(=O)(=O)O. The van der Waals surface area contributed by atoms with E-state index in [2.05, 4.69) is 67.3 Å². The van der Waals surface area contributed by atoms with Crippen molar-refractivity contribution in [2.45, 2.75) is 232 Å². The van der Waals surface area contributed by atoms with Crippen molar-refractivity contribution in [2.24, 2.45) is 0 Å². The van der Waals surface area contributed by atoms with Gasteiger partial charge in [0, 0.05) is 64.2 Å². The molecule has 8 rings (SSSR count). The molecule has 2 aromatic rings. The summed E-state index contributed by atoms with van der Waals surface area (Å²) in [4.78, 5) is 56.9. The third kappa shape index (κ3) is 21.9. The van der Waals surface area contributed by atoms with E-state index in [1.807, 2.05) is 20.8 Å². The lowest BCUT2D eigenvalue weighted by molar-refractivity contribution is -0.929. The maximum atomic E-state index is 13.2. The van der Waals surface area contributed by atoms with E-state index in [4.69, 9.17) is 22.9 Å². The fourth-order valence-electron chi connectivity index (χ4n) is 11.9. The standard InChI is InChI=1S/C25H40N6O10S.C16H36N.C15H24N6O6S/c1-24(2,3)39-22(33)28-12-9-16(10-13-28)29(23(34)40-25(4,5)6)14-11-19-26-27-20(38-19)18-8-7-17-15-30(18)21(32)31(17)41-42(35,36)37;1-5-9-13-17(14-10-6-2,15-11-7-3)16-12-8-4;22-15-20-9-11(21(15)27-28(23,24)25)1-2-12(20)14-19-18-13(26-14)5-8-17-10-3-6-16-7-4-10/h16-18H,7-15H2,1-6H3,(H,35,36,37);5-16H2,1-4H3;10-12,16-17H,1-9H2,(H,23,24,25)/q;+1;/p-1/t17-,18+;;11-,12+/m1.1/s1. The Morgan fingerprint density at radius 1 is 0.678 bits per heavy atom. The quantitative estimate of drug-likeness (QED) is 0.0475. The van der Waals surface area contributed by atoms with Crippen molar-refractivity contribution in [2.75, 3.05) is 78.5 Å². The van der Waals surface area contributed by atoms with Gasteiger partial charge in [-0.15, -0.1) is 24.7 Å². The average molecular weight is 1270 g/mol. The summed E-state index contributed by atoms with van der Waals surface area (Å²) in [5.74, 6) is 1.24. The number of piperidine rings is 4. The van der Waals surface area contributed by atoms with Crippen LogP contribution in [0, 0.1) is 0 Å². The number of quaternary nitrogens is 1. The molecule has 31 heteroatoms. The number of nitrogens with zero attached hydrogens (tertiary/aromatic N) is 11. The first-order chi connectivity index (χ1) is 41.0. The summed E-state index contributed by atoms with van der Waals surface area (Å²) >= 11 is 0. The van der Waals surface area contributed by atoms with Crippen LogP contribution in [0.25, 0.3) is 0 Å². The second-order valence-electron chi connectivity index (χ2n) is 25.6. The van der Waals surface area contributed by atoms with E-state index in [1.54, 1.807) is 30.6 Å². The minimum atomic E-state index is -5.11. The molecule has 6 aliphatic rings. The van der Waals surface area contributed by atoms with Crippen molar-refractivity contribution < 1.29 is 76.5 Å². The molecule has 6 saturated heterocycles. The van der Waals surface area contributed by atoms with Gasteiger partial charge in [-0.25, -0.2) is 27.6 Å². The number of hydroxylamine groups is 4. The number of unbranched alkanes of at least 4 members (excludes halogenated alkanes) is 4. The molecule has 6 amide bonds. The molecule has 2 aromatic heterocycles. The number of hydrogen-bond acceptors (Lipinski definition) is 21. The first-order valence-electron chi connectivity index (χ1n) is 31.5. The van der Waals surface area contributed by atoms with Gasteiger partial charge in [0.2, 0.25) is 34.0 Å². The fraction of sp³-hybridized carbons (Fsp3) is 0.857. The Morgan fingerprint density at radius 2 is 1.14 bits per heavy atom. The van der Waals surface area contributed by atoms with Gasteiger partial charge in [-0.05, 0) is 132 Å². The first-order valence-corrected chi connectivity index (χ1v) is 34.2. The molecule has 6 fully saturated rings. The van der Waals surface area contributed by atoms with Gasteiger partial charge in [0.15, 0.2) is 0 Å². The molecule has 0 radical (unpaired) electrons. The highest BCUT2D eigenvalue weighted by atomic mass is 32.3. The van der Waals surface area contributed by atoms with Crippen LogP contribution in [-0.4, -0.2) is 219 Å². The average Bonchev–Trinajstić information content (AvgIpc) is 1.71. The molecule has 0 saturated carbocycles. The number of ether oxygens (including phenoxy) is 2. The van der Waals surface area contributed by atoms with Crippen molar-refractivity contribution in [1.29, 1.82) is 0 Å². The fourth-order valence-corrected chi connectivity index (χ4v) is 12.6. The van der Waals surface area contributed by atoms with Crippen LogP contribution in [0.15, 0.2) is 8.83 Å². The minimum Gasteiger partial charge on any atom is -0.724 e. The molecule has 0 aromatic carbocycles. The highest BCUT2D eigenvalue weighted by molar-refractivity contribution is 7.81. The van der Waals surface area contributed by atoms with E-state index in [0.29, 0.717) is 86.0 Å². The third-order valence-electron chi connectivity index (χ3n) is 16.3. The van der Waals surface area contributed by atoms with Crippen LogP contribution in [0.4, 0.5) is 19.2 Å². The highest BCUT2D eigenvalue weighted by Crippen LogP contribution is 2.40. The summed E-state index contributed by atoms with van der Waals surface area (Å²) in [5, 5.41) is 24.5. The van der Waals surface area contributed by atoms with E-state index in [0.717, 1.165) is 32.5 Å². The summed E-state index contributed by atoms with van der Waals surface area (Å²) in [6.07, 6.45) is 16.0. The molecule has 0 unspecified atom stereocenters. The van der Waals surface area contributed by atoms with Gasteiger partial charge in [0.25, 0.3) is 0 Å². The maximum absolute atomic E-state index is 13.2. The van der Waals surface area contributed by atoms with Gasteiger partial charge in [-0.2, -0.15) is 22.8 Å². The van der Waals surface area contributed by atoms with Crippen molar-refractivity contribution in [3.8, 4) is 0 Å². The molecule has 4 atom stereocenters. The lowest BCUT2D eigenvalue weighted by Crippen LogP contribution is -2.51. The number of amides is 6. The molecule has 29 nitrogen and oxygen atoms in total. The van der Waals surface area contributed by atoms with E-state index >= 15 is 0 Å². The normalized spacial score (nSPS) is 21.4. The van der Waals surface area contributed by atoms with Crippen LogP contribution in [0.2, 0.25) is 0 Å². The summed E-state index contributed by atoms with van der Waals surface area (Å²) in [6, 6.07) is -3.18. The lowest BCUT2D eigenvalue weighted by atomic mass is 10.0. The zero-order valence-corrected chi connectivity index (χ0v) is 54.6. The predicted molar refractivity (Wildman–Crippen MR) is 316 cm³/mol. The van der Waals surface area contributed by atoms with Gasteiger partial charge in [-0.1, -0.05) is 53.4 Å². The Kier molecular flexibility index (Phi) is 26.2. The molecule has 87 heavy (non-hydrogen) atoms. The third-order valence-corrected chi connectivity index (χ3v) is 17.0. The Hall–Kier alpha value is -5.02. The van der Waals surface area contributed by atoms with Gasteiger partial charge < -0.3 is 57.6 Å². The van der Waals surface area contributed by atoms with E-state index in [9.17, 15) is 40.6 Å². The van der Waals surface area contributed by atoms with Crippen LogP contribution in [0.5, 0.6) is 0 Å². The number of rotatable bonds is 26.